The molecular formula is C17H14Cl2NPZr. The third kappa shape index (κ3) is 3.41. The van der Waals surface area contributed by atoms with Gasteiger partial charge in [0.15, 0.2) is 0 Å². The van der Waals surface area contributed by atoms with E-state index in [-0.39, 0.29) is 24.8 Å². The molecule has 0 bridgehead atoms. The number of halogens is 2. The fourth-order valence-corrected chi connectivity index (χ4v) is 9.25. The molecule has 2 aliphatic rings. The molecule has 110 valence electrons. The SMILES string of the molecule is C1=CC[C]([Zr+2][CH]2C(p3cccn3)=Cc3ccccc32)=C1.[Cl-].[Cl-]. The molecule has 2 aliphatic carbocycles. The Balaban J connectivity index is 0.000000882. The van der Waals surface area contributed by atoms with Crippen molar-refractivity contribution in [2.75, 3.05) is 0 Å². The van der Waals surface area contributed by atoms with E-state index in [9.17, 15) is 0 Å². The number of nitrogens with zero attached hydrogens (tertiary/aromatic N) is 1. The van der Waals surface area contributed by atoms with Crippen LogP contribution in [0.5, 0.6) is 0 Å². The molecule has 0 radical (unpaired) electrons. The first-order valence-electron chi connectivity index (χ1n) is 6.84. The number of hydrogen-bond donors (Lipinski definition) is 0. The van der Waals surface area contributed by atoms with Gasteiger partial charge in [-0.05, 0) is 0 Å². The van der Waals surface area contributed by atoms with Crippen molar-refractivity contribution >= 4 is 19.1 Å². The second kappa shape index (κ2) is 7.93. The van der Waals surface area contributed by atoms with E-state index >= 15 is 0 Å². The quantitative estimate of drug-likeness (QED) is 0.619. The number of aromatic nitrogens is 1. The molecule has 2 unspecified atom stereocenters. The molecule has 0 fully saturated rings. The Labute approximate surface area is 156 Å². The van der Waals surface area contributed by atoms with Crippen LogP contribution in [0.4, 0.5) is 0 Å². The van der Waals surface area contributed by atoms with E-state index < -0.39 is 30.9 Å². The standard InChI is InChI=1S/C12H9NP.C5H5.2ClH.Zr/c1-2-5-11-9-12(8-10(11)4-1)14-7-3-6-13-14;1-2-4-5-3-1;;;/h1-9H;1-3H,4H2;2*1H;/q;;;;+2/p-2. The van der Waals surface area contributed by atoms with Crippen molar-refractivity contribution in [3.8, 4) is 0 Å². The zero-order chi connectivity index (χ0) is 13.4. The molecule has 0 saturated heterocycles. The number of rotatable bonds is 3. The van der Waals surface area contributed by atoms with Crippen molar-refractivity contribution < 1.29 is 48.0 Å². The van der Waals surface area contributed by atoms with E-state index in [0.717, 1.165) is 0 Å². The predicted molar refractivity (Wildman–Crippen MR) is 82.1 cm³/mol. The van der Waals surface area contributed by atoms with E-state index in [1.807, 2.05) is 6.20 Å². The second-order valence-electron chi connectivity index (χ2n) is 5.05. The van der Waals surface area contributed by atoms with Gasteiger partial charge in [-0.2, -0.15) is 0 Å². The molecule has 4 rings (SSSR count). The molecule has 0 spiro atoms. The molecule has 0 aliphatic heterocycles. The normalized spacial score (nSPS) is 18.5. The first-order chi connectivity index (χ1) is 9.92. The second-order valence-corrected chi connectivity index (χ2v) is 10.5. The molecular weight excluding hydrogens is 411 g/mol. The van der Waals surface area contributed by atoms with Gasteiger partial charge in [0.25, 0.3) is 0 Å². The largest absolute Gasteiger partial charge is 1.00 e. The Morgan fingerprint density at radius 1 is 1.14 bits per heavy atom. The van der Waals surface area contributed by atoms with Gasteiger partial charge in [-0.15, -0.1) is 0 Å². The van der Waals surface area contributed by atoms with E-state index in [4.69, 9.17) is 0 Å². The number of benzene rings is 1. The van der Waals surface area contributed by atoms with Crippen molar-refractivity contribution in [3.05, 3.63) is 75.0 Å². The minimum Gasteiger partial charge on any atom is -1.00 e. The van der Waals surface area contributed by atoms with Crippen LogP contribution in [0.2, 0.25) is 0 Å². The fourth-order valence-electron chi connectivity index (χ4n) is 2.82. The molecule has 1 heterocycles. The monoisotopic (exact) mass is 423 g/mol. The van der Waals surface area contributed by atoms with E-state index in [2.05, 4.69) is 65.2 Å². The van der Waals surface area contributed by atoms with Gasteiger partial charge >= 0.3 is 132 Å². The minimum absolute atomic E-state index is 0. The summed E-state index contributed by atoms with van der Waals surface area (Å²) < 4.78 is 7.08. The van der Waals surface area contributed by atoms with Crippen molar-refractivity contribution in [2.45, 2.75) is 10.0 Å². The Morgan fingerprint density at radius 3 is 2.73 bits per heavy atom. The summed E-state index contributed by atoms with van der Waals surface area (Å²) >= 11 is -0.606. The first-order valence-corrected chi connectivity index (χ1v) is 10.9. The summed E-state index contributed by atoms with van der Waals surface area (Å²) in [5, 5.41) is 1.59. The molecule has 1 nitrogen and oxygen atoms in total. The van der Waals surface area contributed by atoms with Crippen LogP contribution >= 0.6 is 7.69 Å². The maximum atomic E-state index is 4.68. The molecule has 1 aromatic carbocycles. The molecule has 5 heteroatoms. The van der Waals surface area contributed by atoms with E-state index in [0.29, 0.717) is 3.63 Å². The molecule has 0 saturated carbocycles. The van der Waals surface area contributed by atoms with Gasteiger partial charge in [-0.3, -0.25) is 0 Å². The fraction of sp³-hybridized carbons (Fsp3) is 0.118. The smallest absolute Gasteiger partial charge is 1.00 e. The van der Waals surface area contributed by atoms with Gasteiger partial charge in [0.05, 0.1) is 0 Å². The van der Waals surface area contributed by atoms with Crippen molar-refractivity contribution in [1.29, 1.82) is 0 Å². The van der Waals surface area contributed by atoms with Gasteiger partial charge in [-0.25, -0.2) is 0 Å². The van der Waals surface area contributed by atoms with Gasteiger partial charge in [0.2, 0.25) is 0 Å². The van der Waals surface area contributed by atoms with E-state index in [1.165, 1.54) is 12.0 Å². The number of hydrogen-bond acceptors (Lipinski definition) is 1. The summed E-state index contributed by atoms with van der Waals surface area (Å²) in [4.78, 5) is 0. The zero-order valence-corrected chi connectivity index (χ0v) is 16.6. The Kier molecular flexibility index (Phi) is 6.48. The van der Waals surface area contributed by atoms with Crippen LogP contribution in [0, 0.1) is 0 Å². The average molecular weight is 425 g/mol. The summed E-state index contributed by atoms with van der Waals surface area (Å²) in [5.74, 6) is 2.29. The molecule has 2 aromatic rings. The zero-order valence-electron chi connectivity index (χ0n) is 11.8. The topological polar surface area (TPSA) is 12.9 Å². The third-order valence-electron chi connectivity index (χ3n) is 3.78. The Bertz CT molecular complexity index is 735. The van der Waals surface area contributed by atoms with Crippen LogP contribution in [0.1, 0.15) is 21.2 Å². The Hall–Kier alpha value is -0.387. The average Bonchev–Trinajstić information content (AvgIpc) is 3.19. The first kappa shape index (κ1) is 18.0. The summed E-state index contributed by atoms with van der Waals surface area (Å²) in [6.07, 6.45) is 12.4. The minimum atomic E-state index is -0.606. The molecule has 0 N–H and O–H groups in total. The number of fused-ring (bicyclic) bond motifs is 1. The predicted octanol–water partition coefficient (Wildman–Crippen LogP) is -0.945. The van der Waals surface area contributed by atoms with Gasteiger partial charge < -0.3 is 24.8 Å². The summed E-state index contributed by atoms with van der Waals surface area (Å²) in [5.41, 5.74) is 2.98. The van der Waals surface area contributed by atoms with Crippen LogP contribution in [-0.2, 0) is 23.2 Å². The third-order valence-corrected chi connectivity index (χ3v) is 10.2. The van der Waals surface area contributed by atoms with Gasteiger partial charge in [0, 0.05) is 0 Å². The van der Waals surface area contributed by atoms with Crippen molar-refractivity contribution in [2.24, 2.45) is 0 Å². The van der Waals surface area contributed by atoms with E-state index in [1.54, 1.807) is 14.2 Å². The molecule has 22 heavy (non-hydrogen) atoms. The summed E-state index contributed by atoms with van der Waals surface area (Å²) in [7, 11) is -0.407. The molecule has 0 amide bonds. The van der Waals surface area contributed by atoms with Crippen LogP contribution in [0.15, 0.2) is 63.8 Å². The van der Waals surface area contributed by atoms with Crippen LogP contribution in [-0.4, -0.2) is 4.75 Å². The van der Waals surface area contributed by atoms with Crippen molar-refractivity contribution in [3.63, 3.8) is 0 Å². The van der Waals surface area contributed by atoms with Crippen molar-refractivity contribution in [1.82, 2.24) is 4.75 Å². The molecule has 1 aromatic heterocycles. The van der Waals surface area contributed by atoms with Crippen LogP contribution in [0.3, 0.4) is 0 Å². The van der Waals surface area contributed by atoms with Crippen LogP contribution in [0.25, 0.3) is 11.4 Å². The maximum Gasteiger partial charge on any atom is -1.00 e. The van der Waals surface area contributed by atoms with Gasteiger partial charge in [-0.1, -0.05) is 0 Å². The maximum absolute atomic E-state index is 4.68. The van der Waals surface area contributed by atoms with Gasteiger partial charge in [0.1, 0.15) is 0 Å². The summed E-state index contributed by atoms with van der Waals surface area (Å²) in [6, 6.07) is 11.0. The molecule has 2 atom stereocenters. The Morgan fingerprint density at radius 2 is 2.00 bits per heavy atom. The summed E-state index contributed by atoms with van der Waals surface area (Å²) in [6.45, 7) is 0. The van der Waals surface area contributed by atoms with Crippen LogP contribution < -0.4 is 24.8 Å². The number of allylic oxidation sites excluding steroid dienone is 5.